The first-order valence-corrected chi connectivity index (χ1v) is 10.3. The third-order valence-electron chi connectivity index (χ3n) is 7.90. The van der Waals surface area contributed by atoms with Crippen molar-refractivity contribution in [3.63, 3.8) is 0 Å². The third kappa shape index (κ3) is 3.01. The minimum atomic E-state index is -0.356. The predicted octanol–water partition coefficient (Wildman–Crippen LogP) is 3.58. The molecule has 5 rings (SSSR count). The molecular formula is C22H31ClN2O2. The first-order valence-electron chi connectivity index (χ1n) is 10.3. The first kappa shape index (κ1) is 19.2. The van der Waals surface area contributed by atoms with Gasteiger partial charge in [-0.1, -0.05) is 18.6 Å². The fourth-order valence-electron chi connectivity index (χ4n) is 6.58. The summed E-state index contributed by atoms with van der Waals surface area (Å²) in [5.74, 6) is 2.70. The Balaban J connectivity index is 0.00000180. The highest BCUT2D eigenvalue weighted by Gasteiger charge is 2.56. The van der Waals surface area contributed by atoms with Crippen LogP contribution in [0.3, 0.4) is 0 Å². The van der Waals surface area contributed by atoms with E-state index in [1.54, 1.807) is 0 Å². The fourth-order valence-corrected chi connectivity index (χ4v) is 6.58. The average molecular weight is 391 g/mol. The number of piperidine rings is 1. The maximum atomic E-state index is 11.7. The number of carbonyl (C=O) groups excluding carboxylic acids is 1. The molecule has 0 spiro atoms. The lowest BCUT2D eigenvalue weighted by Gasteiger charge is -2.56. The van der Waals surface area contributed by atoms with Gasteiger partial charge in [0.25, 0.3) is 0 Å². The van der Waals surface area contributed by atoms with Crippen LogP contribution < -0.4 is 5.73 Å². The summed E-state index contributed by atoms with van der Waals surface area (Å²) in [5, 5.41) is 0. The number of fused-ring (bicyclic) bond motifs is 3. The highest BCUT2D eigenvalue weighted by Crippen LogP contribution is 2.56. The van der Waals surface area contributed by atoms with Crippen molar-refractivity contribution in [1.29, 1.82) is 0 Å². The molecule has 5 heteroatoms. The maximum absolute atomic E-state index is 11.7. The lowest BCUT2D eigenvalue weighted by Crippen LogP contribution is -2.60. The van der Waals surface area contributed by atoms with Gasteiger partial charge in [-0.3, -0.25) is 9.69 Å². The lowest BCUT2D eigenvalue weighted by atomic mass is 9.62. The second-order valence-corrected chi connectivity index (χ2v) is 9.10. The minimum absolute atomic E-state index is 0. The van der Waals surface area contributed by atoms with E-state index in [-0.39, 0.29) is 23.9 Å². The fraction of sp³-hybridized carbons (Fsp3) is 0.682. The second kappa shape index (κ2) is 7.06. The lowest BCUT2D eigenvalue weighted by molar-refractivity contribution is -0.174. The zero-order valence-corrected chi connectivity index (χ0v) is 16.9. The van der Waals surface area contributed by atoms with Gasteiger partial charge in [0.2, 0.25) is 5.91 Å². The maximum Gasteiger partial charge on any atom is 0.248 e. The van der Waals surface area contributed by atoms with Gasteiger partial charge in [0, 0.05) is 43.6 Å². The van der Waals surface area contributed by atoms with Crippen LogP contribution in [0.2, 0.25) is 0 Å². The Hall–Kier alpha value is -1.10. The largest absolute Gasteiger partial charge is 0.373 e. The molecule has 148 valence electrons. The zero-order chi connectivity index (χ0) is 17.9. The van der Waals surface area contributed by atoms with Crippen LogP contribution in [0.4, 0.5) is 0 Å². The molecule has 27 heavy (non-hydrogen) atoms. The molecule has 0 aromatic heterocycles. The van der Waals surface area contributed by atoms with Crippen molar-refractivity contribution in [2.75, 3.05) is 20.2 Å². The topological polar surface area (TPSA) is 55.6 Å². The summed E-state index contributed by atoms with van der Waals surface area (Å²) in [6, 6.07) is 8.70. The van der Waals surface area contributed by atoms with E-state index in [1.807, 2.05) is 25.3 Å². The van der Waals surface area contributed by atoms with Crippen LogP contribution in [0.1, 0.15) is 54.4 Å². The number of primary amides is 1. The molecule has 1 amide bonds. The van der Waals surface area contributed by atoms with Crippen LogP contribution in [0, 0.1) is 23.7 Å². The number of nitrogens with zero attached hydrogens (tertiary/aromatic N) is 1. The van der Waals surface area contributed by atoms with Gasteiger partial charge in [0.1, 0.15) is 5.60 Å². The van der Waals surface area contributed by atoms with Crippen molar-refractivity contribution in [3.8, 4) is 0 Å². The number of halogens is 1. The molecule has 4 unspecified atom stereocenters. The van der Waals surface area contributed by atoms with Crippen LogP contribution in [0.25, 0.3) is 0 Å². The molecule has 4 nitrogen and oxygen atoms in total. The molecule has 2 N–H and O–H groups in total. The summed E-state index contributed by atoms with van der Waals surface area (Å²) in [5.41, 5.74) is 7.03. The Morgan fingerprint density at radius 2 is 1.81 bits per heavy atom. The number of hydrogen-bond acceptors (Lipinski definition) is 3. The van der Waals surface area contributed by atoms with Crippen LogP contribution in [-0.4, -0.2) is 37.0 Å². The number of amides is 1. The SMILES string of the molecule is COC1(c2cccc(C(N)=O)c2)C2CCCC1CN(C1CC3CC3C1)C2.Cl. The average Bonchev–Trinajstić information content (AvgIpc) is 3.25. The highest BCUT2D eigenvalue weighted by atomic mass is 35.5. The highest BCUT2D eigenvalue weighted by molar-refractivity contribution is 5.92. The van der Waals surface area contributed by atoms with E-state index in [0.717, 1.165) is 36.5 Å². The normalized spacial score (nSPS) is 40.1. The van der Waals surface area contributed by atoms with Gasteiger partial charge in [0.05, 0.1) is 0 Å². The Morgan fingerprint density at radius 3 is 2.41 bits per heavy atom. The second-order valence-electron chi connectivity index (χ2n) is 9.10. The van der Waals surface area contributed by atoms with Crippen LogP contribution in [0.5, 0.6) is 0 Å². The monoisotopic (exact) mass is 390 g/mol. The number of rotatable bonds is 4. The summed E-state index contributed by atoms with van der Waals surface area (Å²) in [6.45, 7) is 2.27. The van der Waals surface area contributed by atoms with Crippen LogP contribution in [-0.2, 0) is 10.3 Å². The molecule has 3 saturated carbocycles. The van der Waals surface area contributed by atoms with Crippen molar-refractivity contribution in [1.82, 2.24) is 4.90 Å². The molecule has 2 bridgehead atoms. The Labute approximate surface area is 168 Å². The summed E-state index contributed by atoms with van der Waals surface area (Å²) in [7, 11) is 1.86. The smallest absolute Gasteiger partial charge is 0.248 e. The molecule has 4 fully saturated rings. The quantitative estimate of drug-likeness (QED) is 0.854. The van der Waals surface area contributed by atoms with Gasteiger partial charge in [-0.05, 0) is 61.6 Å². The van der Waals surface area contributed by atoms with E-state index < -0.39 is 0 Å². The number of carbonyl (C=O) groups is 1. The van der Waals surface area contributed by atoms with E-state index in [4.69, 9.17) is 10.5 Å². The molecule has 3 aliphatic carbocycles. The molecular weight excluding hydrogens is 360 g/mol. The molecule has 1 saturated heterocycles. The molecule has 1 aromatic carbocycles. The molecule has 1 aliphatic heterocycles. The van der Waals surface area contributed by atoms with Crippen molar-refractivity contribution >= 4 is 18.3 Å². The van der Waals surface area contributed by atoms with Gasteiger partial charge in [-0.2, -0.15) is 0 Å². The molecule has 0 radical (unpaired) electrons. The van der Waals surface area contributed by atoms with Gasteiger partial charge >= 0.3 is 0 Å². The number of nitrogens with two attached hydrogens (primary N) is 1. The molecule has 4 atom stereocenters. The van der Waals surface area contributed by atoms with Crippen molar-refractivity contribution in [2.24, 2.45) is 29.4 Å². The number of benzene rings is 1. The minimum Gasteiger partial charge on any atom is -0.373 e. The van der Waals surface area contributed by atoms with E-state index >= 15 is 0 Å². The van der Waals surface area contributed by atoms with Crippen molar-refractivity contribution < 1.29 is 9.53 Å². The summed E-state index contributed by atoms with van der Waals surface area (Å²) in [4.78, 5) is 14.5. The van der Waals surface area contributed by atoms with Crippen LogP contribution >= 0.6 is 12.4 Å². The number of hydrogen-bond donors (Lipinski definition) is 1. The predicted molar refractivity (Wildman–Crippen MR) is 108 cm³/mol. The molecule has 1 aromatic rings. The number of methoxy groups -OCH3 is 1. The Morgan fingerprint density at radius 1 is 1.15 bits per heavy atom. The van der Waals surface area contributed by atoms with Gasteiger partial charge in [-0.15, -0.1) is 12.4 Å². The molecule has 4 aliphatic rings. The standard InChI is InChI=1S/C22H30N2O2.ClH/c1-26-22(17-5-2-4-14(9-17)21(23)25)18-6-3-7-19(22)13-24(12-18)20-10-15-8-16(15)11-20;/h2,4-5,9,15-16,18-20H,3,6-8,10-13H2,1H3,(H2,23,25);1H. The summed E-state index contributed by atoms with van der Waals surface area (Å²) >= 11 is 0. The van der Waals surface area contributed by atoms with Crippen molar-refractivity contribution in [3.05, 3.63) is 35.4 Å². The van der Waals surface area contributed by atoms with Crippen molar-refractivity contribution in [2.45, 2.75) is 50.2 Å². The van der Waals surface area contributed by atoms with E-state index in [0.29, 0.717) is 17.4 Å². The van der Waals surface area contributed by atoms with E-state index in [2.05, 4.69) is 11.0 Å². The number of ether oxygens (including phenoxy) is 1. The zero-order valence-electron chi connectivity index (χ0n) is 16.1. The summed E-state index contributed by atoms with van der Waals surface area (Å²) in [6.07, 6.45) is 8.03. The third-order valence-corrected chi connectivity index (χ3v) is 7.90. The Bertz CT molecular complexity index is 700. The summed E-state index contributed by atoms with van der Waals surface area (Å²) < 4.78 is 6.33. The van der Waals surface area contributed by atoms with E-state index in [9.17, 15) is 4.79 Å². The Kier molecular flexibility index (Phi) is 5.02. The van der Waals surface area contributed by atoms with E-state index in [1.165, 1.54) is 38.5 Å². The van der Waals surface area contributed by atoms with Gasteiger partial charge in [-0.25, -0.2) is 0 Å². The van der Waals surface area contributed by atoms with Crippen LogP contribution in [0.15, 0.2) is 24.3 Å². The first-order chi connectivity index (χ1) is 12.6. The molecule has 1 heterocycles. The van der Waals surface area contributed by atoms with Gasteiger partial charge in [0.15, 0.2) is 0 Å². The van der Waals surface area contributed by atoms with Gasteiger partial charge < -0.3 is 10.5 Å². The number of likely N-dealkylation sites (tertiary alicyclic amines) is 1.